The normalized spacial score (nSPS) is 10.9. The minimum atomic E-state index is -0.497. The predicted molar refractivity (Wildman–Crippen MR) is 110 cm³/mol. The van der Waals surface area contributed by atoms with Crippen molar-refractivity contribution in [1.29, 1.82) is 0 Å². The van der Waals surface area contributed by atoms with Crippen molar-refractivity contribution in [2.45, 2.75) is 13.0 Å². The lowest BCUT2D eigenvalue weighted by atomic mass is 10.1. The van der Waals surface area contributed by atoms with Crippen LogP contribution in [0.1, 0.15) is 5.56 Å². The van der Waals surface area contributed by atoms with Gasteiger partial charge in [0.2, 0.25) is 0 Å². The summed E-state index contributed by atoms with van der Waals surface area (Å²) >= 11 is 1.33. The van der Waals surface area contributed by atoms with Crippen molar-refractivity contribution < 1.29 is 13.9 Å². The van der Waals surface area contributed by atoms with Crippen LogP contribution in [0, 0.1) is 5.82 Å². The molecule has 5 nitrogen and oxygen atoms in total. The molecule has 0 fully saturated rings. The third-order valence-corrected chi connectivity index (χ3v) is 5.40. The first-order chi connectivity index (χ1) is 14.1. The average molecular weight is 408 g/mol. The van der Waals surface area contributed by atoms with E-state index < -0.39 is 5.97 Å². The van der Waals surface area contributed by atoms with E-state index in [1.807, 2.05) is 35.7 Å². The summed E-state index contributed by atoms with van der Waals surface area (Å²) in [6.07, 6.45) is 1.96. The Morgan fingerprint density at radius 1 is 1.10 bits per heavy atom. The number of fused-ring (bicyclic) bond motifs is 1. The fraction of sp³-hybridized carbons (Fsp3) is 0.136. The summed E-state index contributed by atoms with van der Waals surface area (Å²) < 4.78 is 19.7. The van der Waals surface area contributed by atoms with Crippen molar-refractivity contribution in [3.63, 3.8) is 0 Å². The molecule has 4 aromatic rings. The number of hydrogen-bond acceptors (Lipinski definition) is 5. The smallest absolute Gasteiger partial charge is 0.326 e. The van der Waals surface area contributed by atoms with E-state index in [-0.39, 0.29) is 24.5 Å². The largest absolute Gasteiger partial charge is 0.464 e. The molecule has 2 aromatic heterocycles. The van der Waals surface area contributed by atoms with Crippen LogP contribution in [0.25, 0.3) is 21.3 Å². The number of aromatic nitrogens is 2. The van der Waals surface area contributed by atoms with E-state index in [1.165, 1.54) is 34.4 Å². The Bertz CT molecular complexity index is 1200. The lowest BCUT2D eigenvalue weighted by molar-refractivity contribution is -0.144. The monoisotopic (exact) mass is 408 g/mol. The van der Waals surface area contributed by atoms with Crippen LogP contribution < -0.4 is 5.56 Å². The SMILES string of the molecule is O=C(Cn1cnc2scc(-c3ccc(F)cc3)c2c1=O)OCCc1ccccc1. The number of carbonyl (C=O) groups is 1. The number of benzene rings is 2. The van der Waals surface area contributed by atoms with Gasteiger partial charge in [0.1, 0.15) is 17.2 Å². The van der Waals surface area contributed by atoms with E-state index in [1.54, 1.807) is 12.1 Å². The van der Waals surface area contributed by atoms with Gasteiger partial charge in [0.15, 0.2) is 0 Å². The van der Waals surface area contributed by atoms with Crippen LogP contribution in [0.3, 0.4) is 0 Å². The van der Waals surface area contributed by atoms with Crippen LogP contribution >= 0.6 is 11.3 Å². The van der Waals surface area contributed by atoms with E-state index in [4.69, 9.17) is 4.74 Å². The van der Waals surface area contributed by atoms with Crippen LogP contribution in [0.5, 0.6) is 0 Å². The lowest BCUT2D eigenvalue weighted by Gasteiger charge is -2.07. The van der Waals surface area contributed by atoms with Crippen molar-refractivity contribution in [2.24, 2.45) is 0 Å². The summed E-state index contributed by atoms with van der Waals surface area (Å²) in [4.78, 5) is 30.0. The van der Waals surface area contributed by atoms with Crippen molar-refractivity contribution in [2.75, 3.05) is 6.61 Å². The molecule has 29 heavy (non-hydrogen) atoms. The number of esters is 1. The quantitative estimate of drug-likeness (QED) is 0.452. The highest BCUT2D eigenvalue weighted by molar-refractivity contribution is 7.17. The second kappa shape index (κ2) is 8.36. The molecule has 0 radical (unpaired) electrons. The van der Waals surface area contributed by atoms with E-state index in [0.717, 1.165) is 11.1 Å². The van der Waals surface area contributed by atoms with Gasteiger partial charge in [-0.1, -0.05) is 42.5 Å². The molecule has 4 rings (SSSR count). The number of carbonyl (C=O) groups excluding carboxylic acids is 1. The van der Waals surface area contributed by atoms with Crippen LogP contribution in [0.4, 0.5) is 4.39 Å². The maximum atomic E-state index is 13.2. The van der Waals surface area contributed by atoms with Crippen molar-refractivity contribution >= 4 is 27.5 Å². The number of thiophene rings is 1. The second-order valence-corrected chi connectivity index (χ2v) is 7.33. The third-order valence-electron chi connectivity index (χ3n) is 4.51. The zero-order valence-electron chi connectivity index (χ0n) is 15.4. The molecule has 0 aliphatic rings. The Balaban J connectivity index is 1.51. The molecule has 0 saturated heterocycles. The summed E-state index contributed by atoms with van der Waals surface area (Å²) in [6.45, 7) is 0.0296. The van der Waals surface area contributed by atoms with Crippen LogP contribution in [-0.2, 0) is 22.5 Å². The van der Waals surface area contributed by atoms with Gasteiger partial charge in [-0.2, -0.15) is 0 Å². The van der Waals surface area contributed by atoms with E-state index in [2.05, 4.69) is 4.98 Å². The first-order valence-electron chi connectivity index (χ1n) is 9.04. The van der Waals surface area contributed by atoms with Gasteiger partial charge in [0, 0.05) is 17.4 Å². The summed E-state index contributed by atoms with van der Waals surface area (Å²) in [7, 11) is 0. The van der Waals surface area contributed by atoms with Gasteiger partial charge in [-0.25, -0.2) is 9.37 Å². The van der Waals surface area contributed by atoms with Gasteiger partial charge >= 0.3 is 5.97 Å². The standard InChI is InChI=1S/C22H17FN2O3S/c23-17-8-6-16(7-9-17)18-13-29-21-20(18)22(27)25(14-24-21)12-19(26)28-11-10-15-4-2-1-3-5-15/h1-9,13-14H,10-12H2. The summed E-state index contributed by atoms with van der Waals surface area (Å²) in [5.41, 5.74) is 2.15. The van der Waals surface area contributed by atoms with Crippen molar-refractivity contribution in [1.82, 2.24) is 9.55 Å². The lowest BCUT2D eigenvalue weighted by Crippen LogP contribution is -2.26. The molecular formula is C22H17FN2O3S. The van der Waals surface area contributed by atoms with Crippen LogP contribution in [-0.4, -0.2) is 22.1 Å². The van der Waals surface area contributed by atoms with E-state index in [9.17, 15) is 14.0 Å². The van der Waals surface area contributed by atoms with Crippen LogP contribution in [0.15, 0.2) is 71.1 Å². The highest BCUT2D eigenvalue weighted by atomic mass is 32.1. The molecule has 0 unspecified atom stereocenters. The Kier molecular flexibility index (Phi) is 5.48. The number of ether oxygens (including phenoxy) is 1. The molecule has 0 aliphatic heterocycles. The first-order valence-corrected chi connectivity index (χ1v) is 9.92. The topological polar surface area (TPSA) is 61.2 Å². The molecule has 0 spiro atoms. The zero-order chi connectivity index (χ0) is 20.2. The van der Waals surface area contributed by atoms with Gasteiger partial charge < -0.3 is 4.74 Å². The summed E-state index contributed by atoms with van der Waals surface area (Å²) in [6, 6.07) is 15.6. The minimum Gasteiger partial charge on any atom is -0.464 e. The maximum absolute atomic E-state index is 13.2. The molecule has 2 aromatic carbocycles. The van der Waals surface area contributed by atoms with Gasteiger partial charge in [-0.05, 0) is 23.3 Å². The van der Waals surface area contributed by atoms with Crippen LogP contribution in [0.2, 0.25) is 0 Å². The molecular weight excluding hydrogens is 391 g/mol. The Morgan fingerprint density at radius 3 is 2.62 bits per heavy atom. The van der Waals surface area contributed by atoms with Gasteiger partial charge in [0.25, 0.3) is 5.56 Å². The average Bonchev–Trinajstić information content (AvgIpc) is 3.16. The van der Waals surface area contributed by atoms with E-state index >= 15 is 0 Å². The molecule has 0 aliphatic carbocycles. The predicted octanol–water partition coefficient (Wildman–Crippen LogP) is 4.05. The zero-order valence-corrected chi connectivity index (χ0v) is 16.2. The fourth-order valence-corrected chi connectivity index (χ4v) is 3.94. The highest BCUT2D eigenvalue weighted by Crippen LogP contribution is 2.30. The molecule has 146 valence electrons. The first kappa shape index (κ1) is 19.0. The third kappa shape index (κ3) is 4.25. The molecule has 0 N–H and O–H groups in total. The molecule has 0 bridgehead atoms. The minimum absolute atomic E-state index is 0.213. The summed E-state index contributed by atoms with van der Waals surface area (Å²) in [5, 5.41) is 2.23. The fourth-order valence-electron chi connectivity index (χ4n) is 3.03. The Morgan fingerprint density at radius 2 is 1.86 bits per heavy atom. The van der Waals surface area contributed by atoms with E-state index in [0.29, 0.717) is 22.2 Å². The maximum Gasteiger partial charge on any atom is 0.326 e. The van der Waals surface area contributed by atoms with Crippen molar-refractivity contribution in [3.05, 3.63) is 88.0 Å². The number of rotatable bonds is 6. The molecule has 7 heteroatoms. The molecule has 0 saturated carbocycles. The number of hydrogen-bond donors (Lipinski definition) is 0. The summed E-state index contributed by atoms with van der Waals surface area (Å²) in [5.74, 6) is -0.843. The second-order valence-electron chi connectivity index (χ2n) is 6.47. The van der Waals surface area contributed by atoms with Gasteiger partial charge in [0.05, 0.1) is 18.3 Å². The molecule has 2 heterocycles. The molecule has 0 amide bonds. The highest BCUT2D eigenvalue weighted by Gasteiger charge is 2.15. The number of nitrogens with zero attached hydrogens (tertiary/aromatic N) is 2. The molecule has 0 atom stereocenters. The Hall–Kier alpha value is -3.32. The van der Waals surface area contributed by atoms with Gasteiger partial charge in [-0.3, -0.25) is 14.2 Å². The Labute approximate surface area is 170 Å². The van der Waals surface area contributed by atoms with Crippen molar-refractivity contribution in [3.8, 4) is 11.1 Å². The van der Waals surface area contributed by atoms with Gasteiger partial charge in [-0.15, -0.1) is 11.3 Å². The number of halogens is 1.